The van der Waals surface area contributed by atoms with Crippen LogP contribution in [0, 0.1) is 0 Å². The number of nitrogens with one attached hydrogen (secondary N) is 2. The summed E-state index contributed by atoms with van der Waals surface area (Å²) in [5.74, 6) is 0.637. The highest BCUT2D eigenvalue weighted by Gasteiger charge is 2.31. The minimum absolute atomic E-state index is 0.0262. The number of piperidine rings is 1. The number of furan rings is 1. The van der Waals surface area contributed by atoms with Crippen LogP contribution in [0.1, 0.15) is 37.9 Å². The minimum Gasteiger partial charge on any atom is -0.447 e. The van der Waals surface area contributed by atoms with Gasteiger partial charge in [0.2, 0.25) is 5.09 Å². The van der Waals surface area contributed by atoms with E-state index >= 15 is 0 Å². The van der Waals surface area contributed by atoms with Crippen LogP contribution >= 0.6 is 0 Å². The van der Waals surface area contributed by atoms with Gasteiger partial charge in [-0.3, -0.25) is 4.90 Å². The SMILES string of the molecule is O=C(NC[C@@H]1CCCCN1Cc1ccc(S(=O)(=O)N2CCCC2)o1)Nc1ccccc1. The molecule has 168 valence electrons. The first-order valence-corrected chi connectivity index (χ1v) is 12.4. The van der Waals surface area contributed by atoms with Gasteiger partial charge in [0.25, 0.3) is 10.0 Å². The zero-order valence-corrected chi connectivity index (χ0v) is 18.4. The van der Waals surface area contributed by atoms with Crippen LogP contribution in [0.4, 0.5) is 10.5 Å². The van der Waals surface area contributed by atoms with E-state index in [0.717, 1.165) is 44.3 Å². The third kappa shape index (κ3) is 5.47. The van der Waals surface area contributed by atoms with Crippen LogP contribution in [-0.2, 0) is 16.6 Å². The normalized spacial score (nSPS) is 20.6. The van der Waals surface area contributed by atoms with E-state index in [2.05, 4.69) is 15.5 Å². The van der Waals surface area contributed by atoms with Gasteiger partial charge in [0, 0.05) is 31.4 Å². The number of rotatable bonds is 7. The Morgan fingerprint density at radius 1 is 1.00 bits per heavy atom. The molecule has 2 amide bonds. The molecule has 2 aliphatic heterocycles. The van der Waals surface area contributed by atoms with Crippen molar-refractivity contribution in [2.45, 2.75) is 49.8 Å². The summed E-state index contributed by atoms with van der Waals surface area (Å²) >= 11 is 0. The molecule has 0 aliphatic carbocycles. The second kappa shape index (κ2) is 9.84. The average Bonchev–Trinajstić information content (AvgIpc) is 3.47. The maximum absolute atomic E-state index is 12.7. The number of nitrogens with zero attached hydrogens (tertiary/aromatic N) is 2. The van der Waals surface area contributed by atoms with Crippen LogP contribution in [-0.4, -0.2) is 55.9 Å². The van der Waals surface area contributed by atoms with Gasteiger partial charge in [-0.15, -0.1) is 0 Å². The number of carbonyl (C=O) groups is 1. The van der Waals surface area contributed by atoms with Crippen molar-refractivity contribution < 1.29 is 17.6 Å². The van der Waals surface area contributed by atoms with E-state index in [1.807, 2.05) is 30.3 Å². The van der Waals surface area contributed by atoms with Crippen molar-refractivity contribution in [3.8, 4) is 0 Å². The highest BCUT2D eigenvalue weighted by Crippen LogP contribution is 2.25. The Morgan fingerprint density at radius 2 is 1.74 bits per heavy atom. The molecule has 0 saturated carbocycles. The molecule has 4 rings (SSSR count). The van der Waals surface area contributed by atoms with E-state index in [1.54, 1.807) is 12.1 Å². The molecule has 0 unspecified atom stereocenters. The molecular formula is C22H30N4O4S. The standard InChI is InChI=1S/C22H30N4O4S/c27-22(24-18-8-2-1-3-9-18)23-16-19-10-4-5-13-25(19)17-20-11-12-21(30-20)31(28,29)26-14-6-7-15-26/h1-3,8-9,11-12,19H,4-7,10,13-17H2,(H2,23,24,27)/t19-/m0/s1. The van der Waals surface area contributed by atoms with Gasteiger partial charge in [0.15, 0.2) is 0 Å². The molecule has 2 aliphatic rings. The fourth-order valence-corrected chi connectivity index (χ4v) is 5.69. The number of amides is 2. The summed E-state index contributed by atoms with van der Waals surface area (Å²) in [6.45, 7) is 3.06. The largest absolute Gasteiger partial charge is 0.447 e. The number of urea groups is 1. The Balaban J connectivity index is 1.34. The number of hydrogen-bond acceptors (Lipinski definition) is 5. The monoisotopic (exact) mass is 446 g/mol. The lowest BCUT2D eigenvalue weighted by molar-refractivity contribution is 0.127. The van der Waals surface area contributed by atoms with Gasteiger partial charge in [0.05, 0.1) is 6.54 Å². The van der Waals surface area contributed by atoms with E-state index in [9.17, 15) is 13.2 Å². The third-order valence-electron chi connectivity index (χ3n) is 5.93. The molecule has 1 aromatic carbocycles. The maximum Gasteiger partial charge on any atom is 0.319 e. The molecule has 1 aromatic heterocycles. The van der Waals surface area contributed by atoms with Crippen molar-refractivity contribution in [3.05, 3.63) is 48.2 Å². The summed E-state index contributed by atoms with van der Waals surface area (Å²) in [6.07, 6.45) is 4.95. The summed E-state index contributed by atoms with van der Waals surface area (Å²) in [4.78, 5) is 14.5. The lowest BCUT2D eigenvalue weighted by Gasteiger charge is -2.35. The van der Waals surface area contributed by atoms with Gasteiger partial charge >= 0.3 is 6.03 Å². The molecular weight excluding hydrogens is 416 g/mol. The van der Waals surface area contributed by atoms with Crippen molar-refractivity contribution >= 4 is 21.7 Å². The molecule has 2 saturated heterocycles. The molecule has 0 bridgehead atoms. The number of benzene rings is 1. The van der Waals surface area contributed by atoms with Crippen LogP contribution in [0.5, 0.6) is 0 Å². The molecule has 8 nitrogen and oxygen atoms in total. The topological polar surface area (TPSA) is 94.9 Å². The van der Waals surface area contributed by atoms with E-state index in [1.165, 1.54) is 4.31 Å². The highest BCUT2D eigenvalue weighted by molar-refractivity contribution is 7.89. The maximum atomic E-state index is 12.7. The van der Waals surface area contributed by atoms with Gasteiger partial charge in [-0.05, 0) is 56.5 Å². The summed E-state index contributed by atoms with van der Waals surface area (Å²) in [5.41, 5.74) is 0.753. The lowest BCUT2D eigenvalue weighted by atomic mass is 10.0. The average molecular weight is 447 g/mol. The zero-order chi connectivity index (χ0) is 21.7. The van der Waals surface area contributed by atoms with Crippen LogP contribution in [0.25, 0.3) is 0 Å². The quantitative estimate of drug-likeness (QED) is 0.681. The van der Waals surface area contributed by atoms with Crippen molar-refractivity contribution in [2.75, 3.05) is 31.5 Å². The Hall–Kier alpha value is -2.36. The predicted octanol–water partition coefficient (Wildman–Crippen LogP) is 3.24. The van der Waals surface area contributed by atoms with Gasteiger partial charge in [0.1, 0.15) is 5.76 Å². The fraction of sp³-hybridized carbons (Fsp3) is 0.500. The van der Waals surface area contributed by atoms with Crippen LogP contribution in [0.15, 0.2) is 52.0 Å². The molecule has 0 spiro atoms. The Labute approximate surface area is 183 Å². The first-order chi connectivity index (χ1) is 15.0. The Kier molecular flexibility index (Phi) is 6.94. The first kappa shape index (κ1) is 21.9. The van der Waals surface area contributed by atoms with Gasteiger partial charge < -0.3 is 15.1 Å². The molecule has 9 heteroatoms. The van der Waals surface area contributed by atoms with Crippen LogP contribution < -0.4 is 10.6 Å². The molecule has 31 heavy (non-hydrogen) atoms. The van der Waals surface area contributed by atoms with Crippen LogP contribution in [0.2, 0.25) is 0 Å². The summed E-state index contributed by atoms with van der Waals surface area (Å²) in [7, 11) is -3.54. The second-order valence-corrected chi connectivity index (χ2v) is 10.0. The predicted molar refractivity (Wildman–Crippen MR) is 118 cm³/mol. The van der Waals surface area contributed by atoms with Gasteiger partial charge in [-0.1, -0.05) is 24.6 Å². The zero-order valence-electron chi connectivity index (χ0n) is 17.6. The molecule has 2 N–H and O–H groups in total. The second-order valence-electron chi connectivity index (χ2n) is 8.15. The summed E-state index contributed by atoms with van der Waals surface area (Å²) < 4.78 is 32.6. The first-order valence-electron chi connectivity index (χ1n) is 11.0. The molecule has 2 aromatic rings. The van der Waals surface area contributed by atoms with Crippen molar-refractivity contribution in [1.82, 2.24) is 14.5 Å². The van der Waals surface area contributed by atoms with Gasteiger partial charge in [-0.25, -0.2) is 13.2 Å². The Bertz CT molecular complexity index is 970. The van der Waals surface area contributed by atoms with Crippen molar-refractivity contribution in [3.63, 3.8) is 0 Å². The lowest BCUT2D eigenvalue weighted by Crippen LogP contribution is -2.47. The van der Waals surface area contributed by atoms with E-state index in [0.29, 0.717) is 31.9 Å². The number of sulfonamides is 1. The fourth-order valence-electron chi connectivity index (χ4n) is 4.24. The molecule has 2 fully saturated rings. The van der Waals surface area contributed by atoms with Crippen molar-refractivity contribution in [2.24, 2.45) is 0 Å². The summed E-state index contributed by atoms with van der Waals surface area (Å²) in [5, 5.41) is 5.82. The third-order valence-corrected chi connectivity index (χ3v) is 7.71. The van der Waals surface area contributed by atoms with Crippen LogP contribution in [0.3, 0.4) is 0 Å². The highest BCUT2D eigenvalue weighted by atomic mass is 32.2. The minimum atomic E-state index is -3.54. The van der Waals surface area contributed by atoms with Crippen molar-refractivity contribution in [1.29, 1.82) is 0 Å². The molecule has 3 heterocycles. The number of para-hydroxylation sites is 1. The van der Waals surface area contributed by atoms with Gasteiger partial charge in [-0.2, -0.15) is 4.31 Å². The number of anilines is 1. The number of hydrogen-bond donors (Lipinski definition) is 2. The molecule has 0 radical (unpaired) electrons. The Morgan fingerprint density at radius 3 is 2.52 bits per heavy atom. The van der Waals surface area contributed by atoms with E-state index < -0.39 is 10.0 Å². The molecule has 1 atom stereocenters. The number of likely N-dealkylation sites (tertiary alicyclic amines) is 1. The number of carbonyl (C=O) groups excluding carboxylic acids is 1. The van der Waals surface area contributed by atoms with E-state index in [4.69, 9.17) is 4.42 Å². The van der Waals surface area contributed by atoms with E-state index in [-0.39, 0.29) is 17.2 Å². The smallest absolute Gasteiger partial charge is 0.319 e. The summed E-state index contributed by atoms with van der Waals surface area (Å²) in [6, 6.07) is 12.6.